The lowest BCUT2D eigenvalue weighted by Crippen LogP contribution is -2.30. The van der Waals surface area contributed by atoms with E-state index in [4.69, 9.17) is 5.84 Å². The molecule has 1 amide bonds. The molecule has 0 spiro atoms. The monoisotopic (exact) mass is 331 g/mol. The third-order valence-electron chi connectivity index (χ3n) is 3.85. The molecular formula is C16H21N5OS. The van der Waals surface area contributed by atoms with Gasteiger partial charge in [0.05, 0.1) is 5.75 Å². The van der Waals surface area contributed by atoms with E-state index in [0.717, 1.165) is 18.7 Å². The second-order valence-corrected chi connectivity index (χ2v) is 7.58. The number of nitrogens with two attached hydrogens (primary N) is 1. The number of carbonyl (C=O) groups excluding carboxylic acids is 1. The number of carbonyl (C=O) groups is 1. The van der Waals surface area contributed by atoms with Gasteiger partial charge in [-0.3, -0.25) is 4.79 Å². The zero-order chi connectivity index (χ0) is 16.6. The SMILES string of the molecule is CC(C)(C)c1nnc(SCC(=O)N2CCc3ccccc32)n1N. The van der Waals surface area contributed by atoms with Crippen molar-refractivity contribution in [3.8, 4) is 0 Å². The van der Waals surface area contributed by atoms with Crippen LogP contribution in [0, 0.1) is 0 Å². The first-order chi connectivity index (χ1) is 10.9. The first-order valence-corrected chi connectivity index (χ1v) is 8.58. The lowest BCUT2D eigenvalue weighted by atomic mass is 9.96. The van der Waals surface area contributed by atoms with Crippen LogP contribution in [-0.2, 0) is 16.6 Å². The van der Waals surface area contributed by atoms with Gasteiger partial charge in [0.1, 0.15) is 0 Å². The molecule has 2 aromatic rings. The maximum absolute atomic E-state index is 12.5. The highest BCUT2D eigenvalue weighted by Gasteiger charge is 2.26. The molecule has 0 atom stereocenters. The van der Waals surface area contributed by atoms with Gasteiger partial charge in [0.25, 0.3) is 0 Å². The minimum absolute atomic E-state index is 0.0697. The molecule has 7 heteroatoms. The molecule has 3 rings (SSSR count). The van der Waals surface area contributed by atoms with Gasteiger partial charge in [-0.1, -0.05) is 50.7 Å². The average Bonchev–Trinajstić information content (AvgIpc) is 3.08. The van der Waals surface area contributed by atoms with Gasteiger partial charge in [0.15, 0.2) is 5.82 Å². The van der Waals surface area contributed by atoms with Crippen molar-refractivity contribution in [1.82, 2.24) is 14.9 Å². The fourth-order valence-electron chi connectivity index (χ4n) is 2.69. The molecule has 0 saturated heterocycles. The number of para-hydroxylation sites is 1. The lowest BCUT2D eigenvalue weighted by molar-refractivity contribution is -0.116. The number of benzene rings is 1. The summed E-state index contributed by atoms with van der Waals surface area (Å²) in [6.45, 7) is 6.82. The molecule has 2 heterocycles. The number of aromatic nitrogens is 3. The summed E-state index contributed by atoms with van der Waals surface area (Å²) in [5.41, 5.74) is 2.06. The number of nitrogen functional groups attached to an aromatic ring is 1. The molecule has 1 aliphatic heterocycles. The zero-order valence-corrected chi connectivity index (χ0v) is 14.4. The lowest BCUT2D eigenvalue weighted by Gasteiger charge is -2.18. The van der Waals surface area contributed by atoms with Crippen molar-refractivity contribution in [2.75, 3.05) is 23.0 Å². The number of anilines is 1. The molecule has 0 bridgehead atoms. The summed E-state index contributed by atoms with van der Waals surface area (Å²) >= 11 is 1.33. The van der Waals surface area contributed by atoms with Gasteiger partial charge < -0.3 is 10.7 Å². The highest BCUT2D eigenvalue weighted by atomic mass is 32.2. The Morgan fingerprint density at radius 3 is 2.74 bits per heavy atom. The Kier molecular flexibility index (Phi) is 4.06. The quantitative estimate of drug-likeness (QED) is 0.687. The standard InChI is InChI=1S/C16H21N5OS/c1-16(2,3)14-18-19-15(21(14)17)23-10-13(22)20-9-8-11-6-4-5-7-12(11)20/h4-7H,8-10,17H2,1-3H3. The molecule has 0 saturated carbocycles. The van der Waals surface area contributed by atoms with Crippen molar-refractivity contribution >= 4 is 23.4 Å². The van der Waals surface area contributed by atoms with Crippen LogP contribution in [0.15, 0.2) is 29.4 Å². The van der Waals surface area contributed by atoms with E-state index in [1.54, 1.807) is 0 Å². The van der Waals surface area contributed by atoms with Crippen LogP contribution in [0.4, 0.5) is 5.69 Å². The fourth-order valence-corrected chi connectivity index (χ4v) is 3.42. The van der Waals surface area contributed by atoms with Gasteiger partial charge in [-0.2, -0.15) is 0 Å². The molecule has 122 valence electrons. The minimum atomic E-state index is -0.182. The normalized spacial score (nSPS) is 14.1. The van der Waals surface area contributed by atoms with Gasteiger partial charge in [-0.15, -0.1) is 10.2 Å². The van der Waals surface area contributed by atoms with Crippen molar-refractivity contribution in [3.63, 3.8) is 0 Å². The van der Waals surface area contributed by atoms with Crippen molar-refractivity contribution in [2.45, 2.75) is 37.8 Å². The van der Waals surface area contributed by atoms with Crippen molar-refractivity contribution in [2.24, 2.45) is 0 Å². The number of rotatable bonds is 3. The number of nitrogens with zero attached hydrogens (tertiary/aromatic N) is 4. The highest BCUT2D eigenvalue weighted by Crippen LogP contribution is 2.29. The molecule has 23 heavy (non-hydrogen) atoms. The molecule has 0 fully saturated rings. The van der Waals surface area contributed by atoms with Crippen molar-refractivity contribution in [1.29, 1.82) is 0 Å². The molecular weight excluding hydrogens is 310 g/mol. The van der Waals surface area contributed by atoms with Crippen LogP contribution in [0.1, 0.15) is 32.2 Å². The van der Waals surface area contributed by atoms with E-state index in [-0.39, 0.29) is 11.3 Å². The van der Waals surface area contributed by atoms with E-state index < -0.39 is 0 Å². The number of hydrogen-bond acceptors (Lipinski definition) is 5. The van der Waals surface area contributed by atoms with E-state index in [9.17, 15) is 4.79 Å². The molecule has 1 aliphatic rings. The topological polar surface area (TPSA) is 77.0 Å². The molecule has 1 aromatic heterocycles. The fraction of sp³-hybridized carbons (Fsp3) is 0.438. The Bertz CT molecular complexity index is 734. The van der Waals surface area contributed by atoms with Gasteiger partial charge >= 0.3 is 0 Å². The Labute approximate surface area is 140 Å². The molecule has 2 N–H and O–H groups in total. The average molecular weight is 331 g/mol. The number of hydrogen-bond donors (Lipinski definition) is 1. The van der Waals surface area contributed by atoms with Crippen LogP contribution in [0.5, 0.6) is 0 Å². The smallest absolute Gasteiger partial charge is 0.237 e. The van der Waals surface area contributed by atoms with Gasteiger partial charge in [-0.05, 0) is 18.1 Å². The van der Waals surface area contributed by atoms with Gasteiger partial charge in [-0.25, -0.2) is 4.68 Å². The summed E-state index contributed by atoms with van der Waals surface area (Å²) in [6, 6.07) is 8.03. The second kappa shape index (κ2) is 5.88. The van der Waals surface area contributed by atoms with Crippen LogP contribution in [0.2, 0.25) is 0 Å². The van der Waals surface area contributed by atoms with E-state index >= 15 is 0 Å². The predicted octanol–water partition coefficient (Wildman–Crippen LogP) is 1.97. The summed E-state index contributed by atoms with van der Waals surface area (Å²) in [5, 5.41) is 8.81. The maximum atomic E-state index is 12.5. The number of amides is 1. The van der Waals surface area contributed by atoms with Crippen LogP contribution in [0.25, 0.3) is 0 Å². The number of fused-ring (bicyclic) bond motifs is 1. The van der Waals surface area contributed by atoms with Crippen LogP contribution in [0.3, 0.4) is 0 Å². The first-order valence-electron chi connectivity index (χ1n) is 7.60. The number of thioether (sulfide) groups is 1. The Morgan fingerprint density at radius 2 is 2.04 bits per heavy atom. The van der Waals surface area contributed by atoms with E-state index in [0.29, 0.717) is 16.7 Å². The third kappa shape index (κ3) is 3.06. The summed E-state index contributed by atoms with van der Waals surface area (Å²) in [4.78, 5) is 14.3. The van der Waals surface area contributed by atoms with Crippen molar-refractivity contribution < 1.29 is 4.79 Å². The molecule has 0 radical (unpaired) electrons. The predicted molar refractivity (Wildman–Crippen MR) is 92.1 cm³/mol. The minimum Gasteiger partial charge on any atom is -0.336 e. The first kappa shape index (κ1) is 15.9. The van der Waals surface area contributed by atoms with Crippen LogP contribution in [-0.4, -0.2) is 33.1 Å². The van der Waals surface area contributed by atoms with E-state index in [1.165, 1.54) is 22.0 Å². The molecule has 0 unspecified atom stereocenters. The Balaban J connectivity index is 1.68. The Hall–Kier alpha value is -2.02. The molecule has 0 aliphatic carbocycles. The highest BCUT2D eigenvalue weighted by molar-refractivity contribution is 7.99. The zero-order valence-electron chi connectivity index (χ0n) is 13.6. The van der Waals surface area contributed by atoms with E-state index in [2.05, 4.69) is 16.3 Å². The molecule has 1 aromatic carbocycles. The summed E-state index contributed by atoms with van der Waals surface area (Å²) in [5.74, 6) is 7.13. The van der Waals surface area contributed by atoms with Crippen molar-refractivity contribution in [3.05, 3.63) is 35.7 Å². The largest absolute Gasteiger partial charge is 0.336 e. The van der Waals surface area contributed by atoms with E-state index in [1.807, 2.05) is 43.9 Å². The van der Waals surface area contributed by atoms with Gasteiger partial charge in [0.2, 0.25) is 11.1 Å². The van der Waals surface area contributed by atoms with Gasteiger partial charge in [0, 0.05) is 17.6 Å². The summed E-state index contributed by atoms with van der Waals surface area (Å²) in [6.07, 6.45) is 0.911. The molecule has 6 nitrogen and oxygen atoms in total. The van der Waals surface area contributed by atoms with Crippen LogP contribution < -0.4 is 10.7 Å². The summed E-state index contributed by atoms with van der Waals surface area (Å²) in [7, 11) is 0. The van der Waals surface area contributed by atoms with Crippen LogP contribution >= 0.6 is 11.8 Å². The Morgan fingerprint density at radius 1 is 1.30 bits per heavy atom. The second-order valence-electron chi connectivity index (χ2n) is 6.64. The third-order valence-corrected chi connectivity index (χ3v) is 4.78. The summed E-state index contributed by atoms with van der Waals surface area (Å²) < 4.78 is 1.48. The maximum Gasteiger partial charge on any atom is 0.237 e.